The van der Waals surface area contributed by atoms with Crippen molar-refractivity contribution in [3.63, 3.8) is 0 Å². The van der Waals surface area contributed by atoms with Crippen LogP contribution < -0.4 is 0 Å². The van der Waals surface area contributed by atoms with Crippen LogP contribution in [0.15, 0.2) is 136 Å². The predicted octanol–water partition coefficient (Wildman–Crippen LogP) is 18.8. The fourth-order valence-electron chi connectivity index (χ4n) is 11.5. The third-order valence-electron chi connectivity index (χ3n) is 15.2. The van der Waals surface area contributed by atoms with Gasteiger partial charge in [-0.05, 0) is 160 Å². The van der Waals surface area contributed by atoms with E-state index < -0.39 is 0 Å². The molecule has 6 heterocycles. The van der Waals surface area contributed by atoms with Crippen LogP contribution in [0.3, 0.4) is 0 Å². The van der Waals surface area contributed by atoms with Gasteiger partial charge in [0.05, 0.1) is 47.8 Å². The fourth-order valence-corrected chi connectivity index (χ4v) is 15.3. The number of benzene rings is 3. The summed E-state index contributed by atoms with van der Waals surface area (Å²) in [4.78, 5) is 23.7. The number of halogens is 6. The molecule has 6 aromatic rings. The van der Waals surface area contributed by atoms with Crippen molar-refractivity contribution in [3.8, 4) is 0 Å². The zero-order chi connectivity index (χ0) is 56.4. The van der Waals surface area contributed by atoms with Crippen LogP contribution in [-0.4, -0.2) is 83.5 Å². The maximum Gasteiger partial charge on any atom is 0.121 e. The van der Waals surface area contributed by atoms with E-state index in [-0.39, 0.29) is 5.92 Å². The molecule has 4 aromatic carbocycles. The van der Waals surface area contributed by atoms with E-state index in [0.717, 1.165) is 156 Å². The van der Waals surface area contributed by atoms with Gasteiger partial charge < -0.3 is 5.32 Å². The van der Waals surface area contributed by atoms with Crippen LogP contribution in [0.25, 0.3) is 49.2 Å². The van der Waals surface area contributed by atoms with E-state index in [1.807, 2.05) is 67.1 Å². The Morgan fingerprint density at radius 3 is 1.90 bits per heavy atom. The third kappa shape index (κ3) is 14.8. The van der Waals surface area contributed by atoms with Crippen molar-refractivity contribution in [2.24, 2.45) is 11.8 Å². The van der Waals surface area contributed by atoms with Crippen LogP contribution in [0.4, 0.5) is 0 Å². The van der Waals surface area contributed by atoms with E-state index in [1.165, 1.54) is 85.7 Å². The molecule has 0 bridgehead atoms. The topological polar surface area (TPSA) is 105 Å². The van der Waals surface area contributed by atoms with Gasteiger partial charge >= 0.3 is 0 Å². The van der Waals surface area contributed by atoms with E-state index in [9.17, 15) is 0 Å². The van der Waals surface area contributed by atoms with Gasteiger partial charge in [-0.15, -0.1) is 18.7 Å². The molecule has 0 saturated carbocycles. The zero-order valence-corrected chi connectivity index (χ0v) is 54.0. The molecule has 2 aliphatic carbocycles. The Hall–Kier alpha value is -2.93. The monoisotopic (exact) mass is 1400 g/mol. The van der Waals surface area contributed by atoms with Gasteiger partial charge in [-0.25, -0.2) is 32.6 Å². The van der Waals surface area contributed by atoms with E-state index in [4.69, 9.17) is 77.8 Å². The van der Waals surface area contributed by atoms with Gasteiger partial charge in [0.1, 0.15) is 47.2 Å². The molecule has 1 unspecified atom stereocenters. The first-order valence-electron chi connectivity index (χ1n) is 26.5. The van der Waals surface area contributed by atoms with Crippen LogP contribution in [0.1, 0.15) is 89.4 Å². The predicted molar refractivity (Wildman–Crippen MR) is 346 cm³/mol. The summed E-state index contributed by atoms with van der Waals surface area (Å²) < 4.78 is 24.7. The van der Waals surface area contributed by atoms with Crippen molar-refractivity contribution in [2.45, 2.75) is 50.4 Å². The van der Waals surface area contributed by atoms with Gasteiger partial charge in [-0.3, -0.25) is 4.98 Å². The average Bonchev–Trinajstić information content (AvgIpc) is 4.01. The lowest BCUT2D eigenvalue weighted by atomic mass is 9.76. The minimum absolute atomic E-state index is 0.246. The molecule has 1 atom stereocenters. The molecule has 0 radical (unpaired) electrons. The number of aromatic nitrogens is 2. The van der Waals surface area contributed by atoms with Crippen molar-refractivity contribution in [1.29, 1.82) is 0 Å². The van der Waals surface area contributed by atoms with Crippen LogP contribution in [0.2, 0.25) is 15.1 Å². The number of allylic oxidation sites excluding steroid dienone is 4. The highest BCUT2D eigenvalue weighted by molar-refractivity contribution is 9.15. The average molecular weight is 1400 g/mol. The summed E-state index contributed by atoms with van der Waals surface area (Å²) in [5, 5.41) is 10.5. The Balaban J connectivity index is 0.000000136. The SMILES string of the molecule is COOSN1CCC(C2=C3[N-]C=CC=C3C(Br)=Cc3cc(Cl)ccc32)CC1.COOSN1CCC(C2c3ccc(Cl)cc3C=C(Br)c3cccnc32)CC1.COOSN1CCC(c2c3ncccc3cc(Br)[c+]3cc(Cl)ccc23)CC1. The molecule has 4 aliphatic heterocycles. The summed E-state index contributed by atoms with van der Waals surface area (Å²) in [6.07, 6.45) is 20.3. The molecule has 0 N–H and O–H groups in total. The first kappa shape index (κ1) is 61.2. The fraction of sp³-hybridized carbons (Fsp3) is 0.317. The number of fused-ring (bicyclic) bond motifs is 6. The van der Waals surface area contributed by atoms with Crippen LogP contribution in [-0.2, 0) is 27.7 Å². The first-order valence-corrected chi connectivity index (χ1v) is 32.1. The van der Waals surface area contributed by atoms with Crippen LogP contribution in [0, 0.1) is 11.8 Å². The molecule has 6 aliphatic rings. The molecule has 2 aromatic heterocycles. The smallest absolute Gasteiger partial charge is 0.121 e. The van der Waals surface area contributed by atoms with Crippen molar-refractivity contribution in [2.75, 3.05) is 60.6 Å². The lowest BCUT2D eigenvalue weighted by molar-refractivity contribution is -0.163. The number of nitrogens with zero attached hydrogens (tertiary/aromatic N) is 6. The minimum atomic E-state index is 0.246. The van der Waals surface area contributed by atoms with E-state index in [2.05, 4.69) is 121 Å². The Bertz CT molecular complexity index is 3400. The highest BCUT2D eigenvalue weighted by Crippen LogP contribution is 2.49. The number of piperidine rings is 3. The van der Waals surface area contributed by atoms with Gasteiger partial charge in [0, 0.05) is 118 Å². The van der Waals surface area contributed by atoms with Gasteiger partial charge in [0.15, 0.2) is 0 Å². The Morgan fingerprint density at radius 1 is 0.630 bits per heavy atom. The molecule has 81 heavy (non-hydrogen) atoms. The van der Waals surface area contributed by atoms with Crippen molar-refractivity contribution < 1.29 is 27.7 Å². The molecule has 3 saturated heterocycles. The van der Waals surface area contributed by atoms with Crippen LogP contribution >= 0.6 is 119 Å². The quantitative estimate of drug-likeness (QED) is 0.0382. The van der Waals surface area contributed by atoms with Crippen LogP contribution in [0.5, 0.6) is 0 Å². The molecule has 12 rings (SSSR count). The number of pyridine rings is 2. The Labute approximate surface area is 527 Å². The summed E-state index contributed by atoms with van der Waals surface area (Å²) in [5.74, 6) is 1.59. The van der Waals surface area contributed by atoms with Gasteiger partial charge in [0.2, 0.25) is 0 Å². The number of hydrogen-bond donors (Lipinski definition) is 0. The highest BCUT2D eigenvalue weighted by Gasteiger charge is 2.35. The number of rotatable bonds is 12. The number of hydrogen-bond acceptors (Lipinski definition) is 14. The van der Waals surface area contributed by atoms with E-state index in [0.29, 0.717) is 17.8 Å². The Kier molecular flexibility index (Phi) is 22.2. The summed E-state index contributed by atoms with van der Waals surface area (Å²) in [6, 6.07) is 28.8. The summed E-state index contributed by atoms with van der Waals surface area (Å²) in [6.45, 7) is 5.64. The molecule has 0 spiro atoms. The highest BCUT2D eigenvalue weighted by atomic mass is 79.9. The first-order chi connectivity index (χ1) is 39.5. The molecule has 3 fully saturated rings. The molecule has 424 valence electrons. The second kappa shape index (κ2) is 29.4. The maximum atomic E-state index is 6.30. The Morgan fingerprint density at radius 2 is 1.22 bits per heavy atom. The molecular weight excluding hydrogens is 1340 g/mol. The summed E-state index contributed by atoms with van der Waals surface area (Å²) >= 11 is 34.0. The second-order valence-corrected chi connectivity index (χ2v) is 26.1. The van der Waals surface area contributed by atoms with E-state index >= 15 is 0 Å². The summed E-state index contributed by atoms with van der Waals surface area (Å²) in [7, 11) is 4.58. The zero-order valence-electron chi connectivity index (χ0n) is 44.5. The van der Waals surface area contributed by atoms with E-state index in [1.54, 1.807) is 0 Å². The van der Waals surface area contributed by atoms with Gasteiger partial charge in [-0.1, -0.05) is 91.0 Å². The lowest BCUT2D eigenvalue weighted by Gasteiger charge is -2.37. The van der Waals surface area contributed by atoms with Gasteiger partial charge in [0.25, 0.3) is 0 Å². The third-order valence-corrected chi connectivity index (χ3v) is 20.2. The second-order valence-electron chi connectivity index (χ2n) is 19.9. The normalized spacial score (nSPS) is 19.1. The van der Waals surface area contributed by atoms with Crippen molar-refractivity contribution in [3.05, 3.63) is 195 Å². The minimum Gasteiger partial charge on any atom is -0.663 e. The summed E-state index contributed by atoms with van der Waals surface area (Å²) in [5.41, 5.74) is 13.0. The lowest BCUT2D eigenvalue weighted by Crippen LogP contribution is -2.32. The standard InChI is InChI=1S/C20H20BrClN2O2S.2C20H19BrClN2O2S/c2*1-25-26-27-24-9-6-13(7-10-24)19-16-5-4-15(22)11-14(16)12-18(21)17-3-2-8-23-20(17)19;1-25-26-27-24-9-6-13(7-10-24)19-16-5-4-15(22)12-17(16)18(21)11-14-3-2-8-23-20(14)19/h2-5,8,11-13,19H,6-7,9-10H2,1H3;2*2-5,8,11-13H,6-7,9-10H2,1H3/q;-1;+1. The van der Waals surface area contributed by atoms with Gasteiger partial charge in [-0.2, -0.15) is 6.20 Å². The largest absolute Gasteiger partial charge is 0.663 e. The molecule has 21 heteroatoms. The molecule has 12 nitrogen and oxygen atoms in total. The van der Waals surface area contributed by atoms with Crippen molar-refractivity contribution in [1.82, 2.24) is 22.9 Å². The maximum absolute atomic E-state index is 6.30. The van der Waals surface area contributed by atoms with Crippen molar-refractivity contribution >= 4 is 163 Å². The molecular formula is C60H58Br3Cl3N6O6S3. The molecule has 0 amide bonds.